The van der Waals surface area contributed by atoms with Gasteiger partial charge in [-0.3, -0.25) is 0 Å². The van der Waals surface area contributed by atoms with Crippen molar-refractivity contribution in [2.45, 2.75) is 32.3 Å². The molecular formula is C11H13IO. The number of aryl methyl sites for hydroxylation is 1. The Bertz CT molecular complexity index is 305. The third-order valence-corrected chi connectivity index (χ3v) is 3.09. The van der Waals surface area contributed by atoms with Crippen molar-refractivity contribution in [1.82, 2.24) is 0 Å². The second-order valence-electron chi connectivity index (χ2n) is 3.40. The zero-order valence-electron chi connectivity index (χ0n) is 7.72. The summed E-state index contributed by atoms with van der Waals surface area (Å²) in [5.74, 6) is 1.12. The van der Waals surface area contributed by atoms with Gasteiger partial charge in [0.1, 0.15) is 5.75 Å². The van der Waals surface area contributed by atoms with Gasteiger partial charge >= 0.3 is 0 Å². The second-order valence-corrected chi connectivity index (χ2v) is 4.56. The SMILES string of the molecule is CCc1cccc(I)c1OC1CC1. The van der Waals surface area contributed by atoms with Crippen LogP contribution in [0.15, 0.2) is 18.2 Å². The molecule has 0 atom stereocenters. The molecular weight excluding hydrogens is 275 g/mol. The highest BCUT2D eigenvalue weighted by molar-refractivity contribution is 14.1. The molecule has 1 aromatic carbocycles. The van der Waals surface area contributed by atoms with Crippen LogP contribution in [0, 0.1) is 3.57 Å². The van der Waals surface area contributed by atoms with E-state index in [0.29, 0.717) is 6.10 Å². The van der Waals surface area contributed by atoms with Crippen LogP contribution in [0.2, 0.25) is 0 Å². The van der Waals surface area contributed by atoms with E-state index in [1.807, 2.05) is 0 Å². The average Bonchev–Trinajstić information content (AvgIpc) is 2.92. The zero-order valence-corrected chi connectivity index (χ0v) is 9.87. The monoisotopic (exact) mass is 288 g/mol. The first-order chi connectivity index (χ1) is 6.31. The van der Waals surface area contributed by atoms with E-state index in [-0.39, 0.29) is 0 Å². The van der Waals surface area contributed by atoms with Gasteiger partial charge in [0.25, 0.3) is 0 Å². The molecule has 0 bridgehead atoms. The van der Waals surface area contributed by atoms with Crippen LogP contribution in [0.1, 0.15) is 25.3 Å². The Morgan fingerprint density at radius 3 is 2.85 bits per heavy atom. The van der Waals surface area contributed by atoms with Crippen LogP contribution in [0.4, 0.5) is 0 Å². The van der Waals surface area contributed by atoms with E-state index in [4.69, 9.17) is 4.74 Å². The summed E-state index contributed by atoms with van der Waals surface area (Å²) in [5, 5.41) is 0. The van der Waals surface area contributed by atoms with E-state index in [9.17, 15) is 0 Å². The molecule has 1 fully saturated rings. The number of benzene rings is 1. The molecule has 0 amide bonds. The van der Waals surface area contributed by atoms with Gasteiger partial charge in [-0.05, 0) is 53.5 Å². The highest BCUT2D eigenvalue weighted by Gasteiger charge is 2.25. The lowest BCUT2D eigenvalue weighted by atomic mass is 10.1. The van der Waals surface area contributed by atoms with Gasteiger partial charge in [-0.1, -0.05) is 19.1 Å². The molecule has 2 rings (SSSR count). The summed E-state index contributed by atoms with van der Waals surface area (Å²) in [6, 6.07) is 6.36. The third-order valence-electron chi connectivity index (χ3n) is 2.24. The predicted octanol–water partition coefficient (Wildman–Crippen LogP) is 3.39. The van der Waals surface area contributed by atoms with Crippen molar-refractivity contribution < 1.29 is 4.74 Å². The van der Waals surface area contributed by atoms with Crippen molar-refractivity contribution in [1.29, 1.82) is 0 Å². The van der Waals surface area contributed by atoms with Crippen LogP contribution >= 0.6 is 22.6 Å². The minimum absolute atomic E-state index is 0.501. The molecule has 13 heavy (non-hydrogen) atoms. The fraction of sp³-hybridized carbons (Fsp3) is 0.455. The normalized spacial score (nSPS) is 15.8. The summed E-state index contributed by atoms with van der Waals surface area (Å²) in [5.41, 5.74) is 1.33. The van der Waals surface area contributed by atoms with Gasteiger partial charge in [-0.2, -0.15) is 0 Å². The predicted molar refractivity (Wildman–Crippen MR) is 62.2 cm³/mol. The smallest absolute Gasteiger partial charge is 0.136 e. The molecule has 0 heterocycles. The van der Waals surface area contributed by atoms with Crippen molar-refractivity contribution in [2.24, 2.45) is 0 Å². The Balaban J connectivity index is 2.27. The molecule has 2 heteroatoms. The summed E-state index contributed by atoms with van der Waals surface area (Å²) in [4.78, 5) is 0. The van der Waals surface area contributed by atoms with Crippen molar-refractivity contribution in [3.63, 3.8) is 0 Å². The van der Waals surface area contributed by atoms with E-state index in [1.165, 1.54) is 22.0 Å². The summed E-state index contributed by atoms with van der Waals surface area (Å²) in [6.45, 7) is 2.17. The van der Waals surface area contributed by atoms with Crippen molar-refractivity contribution in [3.05, 3.63) is 27.3 Å². The van der Waals surface area contributed by atoms with E-state index in [2.05, 4.69) is 47.7 Å². The minimum Gasteiger partial charge on any atom is -0.489 e. The highest BCUT2D eigenvalue weighted by Crippen LogP contribution is 2.32. The van der Waals surface area contributed by atoms with Crippen molar-refractivity contribution in [3.8, 4) is 5.75 Å². The third kappa shape index (κ3) is 2.16. The molecule has 1 saturated carbocycles. The molecule has 1 aliphatic rings. The zero-order chi connectivity index (χ0) is 9.26. The number of halogens is 1. The van der Waals surface area contributed by atoms with E-state index < -0.39 is 0 Å². The van der Waals surface area contributed by atoms with Crippen LogP contribution < -0.4 is 4.74 Å². The van der Waals surface area contributed by atoms with Gasteiger partial charge in [-0.25, -0.2) is 0 Å². The van der Waals surface area contributed by atoms with Gasteiger partial charge in [0.2, 0.25) is 0 Å². The number of rotatable bonds is 3. The first-order valence-corrected chi connectivity index (χ1v) is 5.83. The van der Waals surface area contributed by atoms with Gasteiger partial charge in [0.05, 0.1) is 9.67 Å². The van der Waals surface area contributed by atoms with Crippen molar-refractivity contribution in [2.75, 3.05) is 0 Å². The number of hydrogen-bond donors (Lipinski definition) is 0. The van der Waals surface area contributed by atoms with Crippen LogP contribution in [0.5, 0.6) is 5.75 Å². The first-order valence-electron chi connectivity index (χ1n) is 4.75. The average molecular weight is 288 g/mol. The summed E-state index contributed by atoms with van der Waals surface area (Å²) in [6.07, 6.45) is 4.02. The topological polar surface area (TPSA) is 9.23 Å². The fourth-order valence-corrected chi connectivity index (χ4v) is 2.00. The Labute approximate surface area is 92.6 Å². The number of ether oxygens (including phenoxy) is 1. The molecule has 0 aliphatic heterocycles. The number of hydrogen-bond acceptors (Lipinski definition) is 1. The highest BCUT2D eigenvalue weighted by atomic mass is 127. The Kier molecular flexibility index (Phi) is 2.77. The van der Waals surface area contributed by atoms with Crippen LogP contribution in [0.25, 0.3) is 0 Å². The summed E-state index contributed by atoms with van der Waals surface area (Å²) >= 11 is 2.35. The van der Waals surface area contributed by atoms with Gasteiger partial charge in [0.15, 0.2) is 0 Å². The van der Waals surface area contributed by atoms with Gasteiger partial charge in [-0.15, -0.1) is 0 Å². The standard InChI is InChI=1S/C11H13IO/c1-2-8-4-3-5-10(12)11(8)13-9-6-7-9/h3-5,9H,2,6-7H2,1H3. The van der Waals surface area contributed by atoms with Gasteiger partial charge < -0.3 is 4.74 Å². The fourth-order valence-electron chi connectivity index (χ4n) is 1.32. The molecule has 1 aliphatic carbocycles. The van der Waals surface area contributed by atoms with E-state index in [1.54, 1.807) is 0 Å². The van der Waals surface area contributed by atoms with Crippen LogP contribution in [-0.2, 0) is 6.42 Å². The summed E-state index contributed by atoms with van der Waals surface area (Å²) in [7, 11) is 0. The Morgan fingerprint density at radius 2 is 2.23 bits per heavy atom. The molecule has 0 spiro atoms. The lowest BCUT2D eigenvalue weighted by Gasteiger charge is -2.11. The Morgan fingerprint density at radius 1 is 1.46 bits per heavy atom. The molecule has 1 nitrogen and oxygen atoms in total. The number of para-hydroxylation sites is 1. The molecule has 0 unspecified atom stereocenters. The second kappa shape index (κ2) is 3.86. The lowest BCUT2D eigenvalue weighted by molar-refractivity contribution is 0.298. The van der Waals surface area contributed by atoms with Crippen molar-refractivity contribution >= 4 is 22.6 Å². The molecule has 0 saturated heterocycles. The largest absolute Gasteiger partial charge is 0.489 e. The Hall–Kier alpha value is -0.250. The van der Waals surface area contributed by atoms with Crippen LogP contribution in [-0.4, -0.2) is 6.10 Å². The van der Waals surface area contributed by atoms with E-state index >= 15 is 0 Å². The maximum Gasteiger partial charge on any atom is 0.136 e. The van der Waals surface area contributed by atoms with Crippen LogP contribution in [0.3, 0.4) is 0 Å². The van der Waals surface area contributed by atoms with E-state index in [0.717, 1.165) is 12.2 Å². The molecule has 0 N–H and O–H groups in total. The minimum atomic E-state index is 0.501. The summed E-state index contributed by atoms with van der Waals surface area (Å²) < 4.78 is 7.11. The molecule has 0 aromatic heterocycles. The quantitative estimate of drug-likeness (QED) is 0.775. The lowest BCUT2D eigenvalue weighted by Crippen LogP contribution is -2.01. The first kappa shape index (κ1) is 9.31. The van der Waals surface area contributed by atoms with Gasteiger partial charge in [0, 0.05) is 0 Å². The molecule has 0 radical (unpaired) electrons. The maximum atomic E-state index is 5.87. The maximum absolute atomic E-state index is 5.87. The molecule has 70 valence electrons. The molecule has 1 aromatic rings.